The van der Waals surface area contributed by atoms with Crippen molar-refractivity contribution in [2.45, 2.75) is 5.92 Å². The van der Waals surface area contributed by atoms with E-state index in [0.29, 0.717) is 10.5 Å². The van der Waals surface area contributed by atoms with Crippen LogP contribution in [0.3, 0.4) is 0 Å². The van der Waals surface area contributed by atoms with Crippen LogP contribution in [0.5, 0.6) is 0 Å². The fourth-order valence-electron chi connectivity index (χ4n) is 2.80. The van der Waals surface area contributed by atoms with Crippen LogP contribution < -0.4 is 0 Å². The topological polar surface area (TPSA) is 107 Å². The number of rotatable bonds is 5. The predicted molar refractivity (Wildman–Crippen MR) is 101 cm³/mol. The summed E-state index contributed by atoms with van der Waals surface area (Å²) < 4.78 is 0. The van der Waals surface area contributed by atoms with E-state index < -0.39 is 23.6 Å². The van der Waals surface area contributed by atoms with Crippen LogP contribution in [0.2, 0.25) is 15.1 Å². The number of aromatic amines is 1. The van der Waals surface area contributed by atoms with Gasteiger partial charge in [0.2, 0.25) is 5.78 Å². The van der Waals surface area contributed by atoms with Crippen molar-refractivity contribution in [3.63, 3.8) is 0 Å². The Kier molecular flexibility index (Phi) is 5.15. The molecule has 0 amide bonds. The lowest BCUT2D eigenvalue weighted by Gasteiger charge is -2.10. The summed E-state index contributed by atoms with van der Waals surface area (Å²) in [6.07, 6.45) is 0. The molecule has 0 unspecified atom stereocenters. The molecule has 0 fully saturated rings. The molecule has 1 aromatic heterocycles. The third kappa shape index (κ3) is 3.51. The van der Waals surface area contributed by atoms with E-state index >= 15 is 0 Å². The molecule has 0 aliphatic carbocycles. The number of hydrogen-bond acceptors (Lipinski definition) is 3. The van der Waals surface area contributed by atoms with Gasteiger partial charge in [-0.15, -0.1) is 0 Å². The Morgan fingerprint density at radius 1 is 0.889 bits per heavy atom. The lowest BCUT2D eigenvalue weighted by molar-refractivity contribution is -0.149. The summed E-state index contributed by atoms with van der Waals surface area (Å²) in [4.78, 5) is 39.0. The van der Waals surface area contributed by atoms with Crippen molar-refractivity contribution >= 4 is 63.4 Å². The first-order chi connectivity index (χ1) is 12.7. The fourth-order valence-corrected chi connectivity index (χ4v) is 3.27. The number of aromatic nitrogens is 1. The van der Waals surface area contributed by atoms with Crippen molar-refractivity contribution in [1.82, 2.24) is 4.98 Å². The van der Waals surface area contributed by atoms with E-state index in [0.717, 1.165) is 0 Å². The van der Waals surface area contributed by atoms with Gasteiger partial charge >= 0.3 is 11.9 Å². The summed E-state index contributed by atoms with van der Waals surface area (Å²) in [5, 5.41) is 19.8. The fraction of sp³-hybridized carbons (Fsp3) is 0.0556. The van der Waals surface area contributed by atoms with E-state index in [-0.39, 0.29) is 32.3 Å². The monoisotopic (exact) mass is 425 g/mol. The first-order valence-electron chi connectivity index (χ1n) is 7.47. The van der Waals surface area contributed by atoms with Gasteiger partial charge < -0.3 is 15.2 Å². The van der Waals surface area contributed by atoms with Gasteiger partial charge in [-0.2, -0.15) is 0 Å². The van der Waals surface area contributed by atoms with E-state index in [2.05, 4.69) is 4.98 Å². The molecular weight excluding hydrogens is 417 g/mol. The van der Waals surface area contributed by atoms with Crippen molar-refractivity contribution in [1.29, 1.82) is 0 Å². The zero-order chi connectivity index (χ0) is 19.9. The molecular formula is C18H10Cl3NO5. The Hall–Kier alpha value is -2.54. The normalized spacial score (nSPS) is 11.1. The van der Waals surface area contributed by atoms with Crippen molar-refractivity contribution in [2.24, 2.45) is 0 Å². The van der Waals surface area contributed by atoms with Gasteiger partial charge in [0.05, 0.1) is 15.7 Å². The molecule has 9 heteroatoms. The van der Waals surface area contributed by atoms with Gasteiger partial charge in [-0.3, -0.25) is 14.4 Å². The van der Waals surface area contributed by atoms with Gasteiger partial charge in [0.25, 0.3) is 0 Å². The Bertz CT molecular complexity index is 1090. The molecule has 0 atom stereocenters. The smallest absolute Gasteiger partial charge is 0.322 e. The molecule has 0 radical (unpaired) electrons. The number of carboxylic acid groups (broad SMARTS) is 2. The van der Waals surface area contributed by atoms with Gasteiger partial charge in [0.15, 0.2) is 5.92 Å². The number of halogens is 3. The Balaban J connectivity index is 2.29. The summed E-state index contributed by atoms with van der Waals surface area (Å²) in [6, 6.07) is 8.58. The standard InChI is InChI=1S/C18H10Cl3NO5/c19-8-2-3-9-12(6-8)22-15(13(9)14(17(24)25)18(26)27)16(23)7-1-4-10(20)11(21)5-7/h1-6,14,22H,(H,24,25)(H,26,27). The van der Waals surface area contributed by atoms with Crippen molar-refractivity contribution in [3.05, 3.63) is 68.3 Å². The van der Waals surface area contributed by atoms with Gasteiger partial charge in [0.1, 0.15) is 0 Å². The zero-order valence-electron chi connectivity index (χ0n) is 13.3. The molecule has 138 valence electrons. The number of nitrogens with one attached hydrogen (secondary N) is 1. The van der Waals surface area contributed by atoms with Crippen LogP contribution in [-0.4, -0.2) is 32.9 Å². The second-order valence-corrected chi connectivity index (χ2v) is 6.92. The van der Waals surface area contributed by atoms with Crippen LogP contribution in [0.25, 0.3) is 10.9 Å². The lowest BCUT2D eigenvalue weighted by atomic mass is 9.93. The Labute approximate surface area is 167 Å². The van der Waals surface area contributed by atoms with Gasteiger partial charge in [-0.05, 0) is 30.3 Å². The minimum atomic E-state index is -1.94. The lowest BCUT2D eigenvalue weighted by Crippen LogP contribution is -2.23. The molecule has 1 heterocycles. The molecule has 0 saturated heterocycles. The number of fused-ring (bicyclic) bond motifs is 1. The van der Waals surface area contributed by atoms with Crippen LogP contribution in [0, 0.1) is 0 Å². The molecule has 0 bridgehead atoms. The summed E-state index contributed by atoms with van der Waals surface area (Å²) in [6.45, 7) is 0. The molecule has 3 N–H and O–H groups in total. The molecule has 3 aromatic rings. The van der Waals surface area contributed by atoms with Crippen LogP contribution >= 0.6 is 34.8 Å². The highest BCUT2D eigenvalue weighted by Gasteiger charge is 2.35. The number of benzene rings is 2. The Morgan fingerprint density at radius 3 is 2.15 bits per heavy atom. The molecule has 0 aliphatic rings. The molecule has 6 nitrogen and oxygen atoms in total. The number of aliphatic carboxylic acids is 2. The van der Waals surface area contributed by atoms with Crippen molar-refractivity contribution in [3.8, 4) is 0 Å². The molecule has 2 aromatic carbocycles. The highest BCUT2D eigenvalue weighted by Crippen LogP contribution is 2.34. The number of carbonyl (C=O) groups is 3. The van der Waals surface area contributed by atoms with Gasteiger partial charge in [-0.25, -0.2) is 0 Å². The van der Waals surface area contributed by atoms with E-state index in [1.807, 2.05) is 0 Å². The molecule has 0 aliphatic heterocycles. The number of hydrogen-bond donors (Lipinski definition) is 3. The first-order valence-corrected chi connectivity index (χ1v) is 8.60. The molecule has 27 heavy (non-hydrogen) atoms. The quantitative estimate of drug-likeness (QED) is 0.408. The van der Waals surface area contributed by atoms with Gasteiger partial charge in [0, 0.05) is 27.1 Å². The number of ketones is 1. The average Bonchev–Trinajstić information content (AvgIpc) is 2.94. The van der Waals surface area contributed by atoms with Crippen LogP contribution in [-0.2, 0) is 9.59 Å². The van der Waals surface area contributed by atoms with E-state index in [4.69, 9.17) is 34.8 Å². The summed E-state index contributed by atoms with van der Waals surface area (Å²) >= 11 is 17.8. The molecule has 3 rings (SSSR count). The first kappa shape index (κ1) is 19.2. The average molecular weight is 427 g/mol. The van der Waals surface area contributed by atoms with Gasteiger partial charge in [-0.1, -0.05) is 40.9 Å². The minimum Gasteiger partial charge on any atom is -0.480 e. The molecule has 0 saturated carbocycles. The second-order valence-electron chi connectivity index (χ2n) is 5.67. The number of carboxylic acids is 2. The van der Waals surface area contributed by atoms with E-state index in [1.54, 1.807) is 0 Å². The van der Waals surface area contributed by atoms with E-state index in [1.165, 1.54) is 36.4 Å². The van der Waals surface area contributed by atoms with Crippen LogP contribution in [0.1, 0.15) is 27.5 Å². The third-order valence-electron chi connectivity index (χ3n) is 3.99. The SMILES string of the molecule is O=C(c1ccc(Cl)c(Cl)c1)c1[nH]c2cc(Cl)ccc2c1C(C(=O)O)C(=O)O. The maximum Gasteiger partial charge on any atom is 0.322 e. The summed E-state index contributed by atoms with van der Waals surface area (Å²) in [5.74, 6) is -5.76. The van der Waals surface area contributed by atoms with E-state index in [9.17, 15) is 24.6 Å². The zero-order valence-corrected chi connectivity index (χ0v) is 15.6. The summed E-state index contributed by atoms with van der Waals surface area (Å²) in [7, 11) is 0. The number of H-pyrrole nitrogens is 1. The second kappa shape index (κ2) is 7.23. The van der Waals surface area contributed by atoms with Crippen molar-refractivity contribution < 1.29 is 24.6 Å². The van der Waals surface area contributed by atoms with Crippen molar-refractivity contribution in [2.75, 3.05) is 0 Å². The Morgan fingerprint density at radius 2 is 1.56 bits per heavy atom. The highest BCUT2D eigenvalue weighted by atomic mass is 35.5. The highest BCUT2D eigenvalue weighted by molar-refractivity contribution is 6.42. The summed E-state index contributed by atoms with van der Waals surface area (Å²) in [5.41, 5.74) is 0.143. The minimum absolute atomic E-state index is 0.123. The van der Waals surface area contributed by atoms with Crippen LogP contribution in [0.15, 0.2) is 36.4 Å². The third-order valence-corrected chi connectivity index (χ3v) is 4.97. The maximum absolute atomic E-state index is 13.0. The number of carbonyl (C=O) groups excluding carboxylic acids is 1. The largest absolute Gasteiger partial charge is 0.480 e. The predicted octanol–water partition coefficient (Wildman–Crippen LogP) is 4.61. The van der Waals surface area contributed by atoms with Crippen LogP contribution in [0.4, 0.5) is 0 Å². The maximum atomic E-state index is 13.0. The molecule has 0 spiro atoms.